The zero-order valence-corrected chi connectivity index (χ0v) is 9.21. The van der Waals surface area contributed by atoms with E-state index in [2.05, 4.69) is 9.97 Å². The second-order valence-electron chi connectivity index (χ2n) is 3.40. The van der Waals surface area contributed by atoms with Crippen LogP contribution in [0.15, 0.2) is 6.20 Å². The van der Waals surface area contributed by atoms with Gasteiger partial charge in [0.25, 0.3) is 0 Å². The maximum atomic E-state index is 11.5. The van der Waals surface area contributed by atoms with Crippen LogP contribution in [0.25, 0.3) is 0 Å². The van der Waals surface area contributed by atoms with Crippen LogP contribution in [0.3, 0.4) is 0 Å². The largest absolute Gasteiger partial charge is 0.477 e. The number of aromatic carboxylic acids is 1. The third-order valence-electron chi connectivity index (χ3n) is 1.91. The Morgan fingerprint density at radius 2 is 2.20 bits per heavy atom. The fraction of sp³-hybridized carbons (Fsp3) is 0.500. The molecule has 0 aliphatic rings. The molecule has 7 heteroatoms. The molecule has 1 heterocycles. The number of nitrogens with zero attached hydrogens (tertiary/aromatic N) is 1. The third kappa shape index (κ3) is 2.79. The van der Waals surface area contributed by atoms with Gasteiger partial charge in [0, 0.05) is 0 Å². The lowest BCUT2D eigenvalue weighted by molar-refractivity contribution is 0.0691. The summed E-state index contributed by atoms with van der Waals surface area (Å²) in [5.74, 6) is -1.27. The Kier molecular flexibility index (Phi) is 3.13. The zero-order valence-electron chi connectivity index (χ0n) is 8.39. The maximum absolute atomic E-state index is 11.5. The molecular weight excluding hydrogens is 220 g/mol. The van der Waals surface area contributed by atoms with Gasteiger partial charge in [0.15, 0.2) is 9.84 Å². The predicted molar refractivity (Wildman–Crippen MR) is 53.3 cm³/mol. The van der Waals surface area contributed by atoms with Crippen molar-refractivity contribution in [2.45, 2.75) is 24.9 Å². The molecule has 1 aromatic rings. The van der Waals surface area contributed by atoms with E-state index in [1.54, 1.807) is 13.8 Å². The average Bonchev–Trinajstić information content (AvgIpc) is 2.51. The van der Waals surface area contributed by atoms with E-state index in [0.717, 1.165) is 6.20 Å². The van der Waals surface area contributed by atoms with Gasteiger partial charge in [-0.2, -0.15) is 0 Å². The van der Waals surface area contributed by atoms with E-state index in [9.17, 15) is 13.2 Å². The van der Waals surface area contributed by atoms with Crippen molar-refractivity contribution >= 4 is 15.8 Å². The first-order chi connectivity index (χ1) is 6.83. The number of hydrogen-bond acceptors (Lipinski definition) is 4. The number of imidazole rings is 1. The Hall–Kier alpha value is -1.37. The summed E-state index contributed by atoms with van der Waals surface area (Å²) < 4.78 is 22.9. The number of carboxylic acid groups (broad SMARTS) is 1. The van der Waals surface area contributed by atoms with Gasteiger partial charge >= 0.3 is 5.97 Å². The molecule has 0 spiro atoms. The highest BCUT2D eigenvalue weighted by atomic mass is 32.2. The van der Waals surface area contributed by atoms with Crippen molar-refractivity contribution in [3.8, 4) is 0 Å². The highest BCUT2D eigenvalue weighted by molar-refractivity contribution is 7.91. The highest BCUT2D eigenvalue weighted by Gasteiger charge is 2.19. The SMILES string of the molecule is CC(C)S(=O)(=O)Cc1ncc(C(=O)O)[nH]1. The van der Waals surface area contributed by atoms with Crippen LogP contribution >= 0.6 is 0 Å². The molecule has 0 bridgehead atoms. The van der Waals surface area contributed by atoms with E-state index in [0.29, 0.717) is 0 Å². The fourth-order valence-electron chi connectivity index (χ4n) is 0.902. The van der Waals surface area contributed by atoms with Crippen LogP contribution in [0.5, 0.6) is 0 Å². The molecule has 1 aromatic heterocycles. The number of hydrogen-bond donors (Lipinski definition) is 2. The van der Waals surface area contributed by atoms with Gasteiger partial charge in [0.1, 0.15) is 17.3 Å². The summed E-state index contributed by atoms with van der Waals surface area (Å²) in [6.45, 7) is 3.13. The summed E-state index contributed by atoms with van der Waals surface area (Å²) in [6, 6.07) is 0. The summed E-state index contributed by atoms with van der Waals surface area (Å²) in [6.07, 6.45) is 1.10. The van der Waals surface area contributed by atoms with Crippen molar-refractivity contribution in [3.05, 3.63) is 17.7 Å². The molecule has 0 saturated carbocycles. The number of carbonyl (C=O) groups is 1. The quantitative estimate of drug-likeness (QED) is 0.784. The standard InChI is InChI=1S/C8H12N2O4S/c1-5(2)15(13,14)4-7-9-3-6(10-7)8(11)12/h3,5H,4H2,1-2H3,(H,9,10)(H,11,12). The number of aromatic nitrogens is 2. The molecule has 0 aliphatic heterocycles. The Bertz CT molecular complexity index is 461. The molecule has 2 N–H and O–H groups in total. The lowest BCUT2D eigenvalue weighted by Crippen LogP contribution is -2.16. The average molecular weight is 232 g/mol. The molecule has 1 rings (SSSR count). The minimum Gasteiger partial charge on any atom is -0.477 e. The van der Waals surface area contributed by atoms with Crippen LogP contribution < -0.4 is 0 Å². The number of aromatic amines is 1. The van der Waals surface area contributed by atoms with Gasteiger partial charge < -0.3 is 10.1 Å². The molecule has 0 aromatic carbocycles. The van der Waals surface area contributed by atoms with Crippen molar-refractivity contribution in [1.82, 2.24) is 9.97 Å². The van der Waals surface area contributed by atoms with Gasteiger partial charge in [-0.05, 0) is 13.8 Å². The van der Waals surface area contributed by atoms with Gasteiger partial charge in [-0.1, -0.05) is 0 Å². The number of H-pyrrole nitrogens is 1. The van der Waals surface area contributed by atoms with E-state index in [1.807, 2.05) is 0 Å². The molecule has 0 unspecified atom stereocenters. The molecule has 0 fully saturated rings. The lowest BCUT2D eigenvalue weighted by atomic mass is 10.5. The van der Waals surface area contributed by atoms with Crippen LogP contribution in [0, 0.1) is 0 Å². The topological polar surface area (TPSA) is 100 Å². The van der Waals surface area contributed by atoms with Gasteiger partial charge in [0.2, 0.25) is 0 Å². The van der Waals surface area contributed by atoms with Crippen molar-refractivity contribution in [2.24, 2.45) is 0 Å². The van der Waals surface area contributed by atoms with E-state index in [-0.39, 0.29) is 17.3 Å². The molecule has 6 nitrogen and oxygen atoms in total. The smallest absolute Gasteiger partial charge is 0.353 e. The summed E-state index contributed by atoms with van der Waals surface area (Å²) >= 11 is 0. The van der Waals surface area contributed by atoms with Crippen LogP contribution in [-0.2, 0) is 15.6 Å². The summed E-state index contributed by atoms with van der Waals surface area (Å²) in [5, 5.41) is 8.08. The highest BCUT2D eigenvalue weighted by Crippen LogP contribution is 2.08. The lowest BCUT2D eigenvalue weighted by Gasteiger charge is -2.04. The first-order valence-electron chi connectivity index (χ1n) is 4.31. The van der Waals surface area contributed by atoms with Gasteiger partial charge in [0.05, 0.1) is 11.4 Å². The van der Waals surface area contributed by atoms with Gasteiger partial charge in [-0.15, -0.1) is 0 Å². The first-order valence-corrected chi connectivity index (χ1v) is 6.03. The minimum atomic E-state index is -3.25. The molecule has 0 amide bonds. The fourth-order valence-corrected chi connectivity index (χ4v) is 1.76. The number of rotatable bonds is 4. The molecule has 84 valence electrons. The van der Waals surface area contributed by atoms with Crippen molar-refractivity contribution in [3.63, 3.8) is 0 Å². The molecule has 0 aliphatic carbocycles. The number of sulfone groups is 1. The van der Waals surface area contributed by atoms with E-state index in [1.165, 1.54) is 0 Å². The predicted octanol–water partition coefficient (Wildman–Crippen LogP) is 0.431. The first kappa shape index (κ1) is 11.7. The molecule has 15 heavy (non-hydrogen) atoms. The van der Waals surface area contributed by atoms with E-state index >= 15 is 0 Å². The monoisotopic (exact) mass is 232 g/mol. The van der Waals surface area contributed by atoms with Crippen LogP contribution in [-0.4, -0.2) is 34.7 Å². The summed E-state index contributed by atoms with van der Waals surface area (Å²) in [7, 11) is -3.25. The van der Waals surface area contributed by atoms with Crippen LogP contribution in [0.4, 0.5) is 0 Å². The Labute approximate surface area is 87.3 Å². The van der Waals surface area contributed by atoms with Crippen molar-refractivity contribution in [2.75, 3.05) is 0 Å². The Morgan fingerprint density at radius 1 is 1.60 bits per heavy atom. The molecule has 0 radical (unpaired) electrons. The Morgan fingerprint density at radius 3 is 2.60 bits per heavy atom. The van der Waals surface area contributed by atoms with Gasteiger partial charge in [-0.25, -0.2) is 18.2 Å². The molecular formula is C8H12N2O4S. The number of carboxylic acids is 1. The molecule has 0 saturated heterocycles. The second kappa shape index (κ2) is 4.01. The minimum absolute atomic E-state index is 0.107. The normalized spacial score (nSPS) is 11.9. The number of nitrogens with one attached hydrogen (secondary N) is 1. The zero-order chi connectivity index (χ0) is 11.6. The van der Waals surface area contributed by atoms with Crippen LogP contribution in [0.2, 0.25) is 0 Å². The van der Waals surface area contributed by atoms with Crippen molar-refractivity contribution in [1.29, 1.82) is 0 Å². The van der Waals surface area contributed by atoms with E-state index < -0.39 is 21.1 Å². The third-order valence-corrected chi connectivity index (χ3v) is 4.03. The molecule has 0 atom stereocenters. The Balaban J connectivity index is 2.87. The summed E-state index contributed by atoms with van der Waals surface area (Å²) in [4.78, 5) is 16.6. The van der Waals surface area contributed by atoms with Crippen LogP contribution in [0.1, 0.15) is 30.2 Å². The maximum Gasteiger partial charge on any atom is 0.353 e. The summed E-state index contributed by atoms with van der Waals surface area (Å²) in [5.41, 5.74) is -0.107. The second-order valence-corrected chi connectivity index (χ2v) is 5.96. The van der Waals surface area contributed by atoms with Gasteiger partial charge in [-0.3, -0.25) is 0 Å². The van der Waals surface area contributed by atoms with Crippen molar-refractivity contribution < 1.29 is 18.3 Å². The van der Waals surface area contributed by atoms with E-state index in [4.69, 9.17) is 5.11 Å².